The summed E-state index contributed by atoms with van der Waals surface area (Å²) in [5.41, 5.74) is 0. The Morgan fingerprint density at radius 3 is 2.71 bits per heavy atom. The van der Waals surface area contributed by atoms with E-state index in [9.17, 15) is 9.59 Å². The lowest BCUT2D eigenvalue weighted by Gasteiger charge is -2.32. The van der Waals surface area contributed by atoms with Crippen molar-refractivity contribution in [2.45, 2.75) is 6.42 Å². The summed E-state index contributed by atoms with van der Waals surface area (Å²) in [7, 11) is 3.33. The van der Waals surface area contributed by atoms with Gasteiger partial charge >= 0.3 is 6.03 Å². The van der Waals surface area contributed by atoms with Crippen LogP contribution in [0.3, 0.4) is 0 Å². The van der Waals surface area contributed by atoms with Crippen LogP contribution in [-0.4, -0.2) is 60.5 Å². The Bertz CT molecular complexity index is 241. The number of rotatable bonds is 2. The Hall–Kier alpha value is -1.30. The van der Waals surface area contributed by atoms with E-state index >= 15 is 0 Å². The summed E-state index contributed by atoms with van der Waals surface area (Å²) in [5.74, 6) is 5.35. The molecule has 80 valence electrons. The molecule has 0 bridgehead atoms. The van der Waals surface area contributed by atoms with E-state index in [1.807, 2.05) is 0 Å². The van der Waals surface area contributed by atoms with E-state index in [0.29, 0.717) is 13.1 Å². The van der Waals surface area contributed by atoms with Crippen molar-refractivity contribution >= 4 is 11.9 Å². The molecule has 0 aromatic heterocycles. The summed E-state index contributed by atoms with van der Waals surface area (Å²) in [4.78, 5) is 25.7. The van der Waals surface area contributed by atoms with Crippen molar-refractivity contribution in [2.75, 3.05) is 33.7 Å². The largest absolute Gasteiger partial charge is 0.347 e. The van der Waals surface area contributed by atoms with E-state index in [0.717, 1.165) is 11.4 Å². The molecule has 0 aromatic rings. The molecule has 1 aliphatic heterocycles. The monoisotopic (exact) mass is 200 g/mol. The summed E-state index contributed by atoms with van der Waals surface area (Å²) in [6.45, 7) is 1.27. The van der Waals surface area contributed by atoms with Gasteiger partial charge in [-0.1, -0.05) is 0 Å². The smallest absolute Gasteiger partial charge is 0.334 e. The number of likely N-dealkylation sites (N-methyl/N-ethyl adjacent to an activating group) is 1. The average molecular weight is 200 g/mol. The second kappa shape index (κ2) is 4.28. The molecule has 1 saturated heterocycles. The molecule has 1 fully saturated rings. The molecule has 0 aliphatic carbocycles. The molecule has 3 amide bonds. The third kappa shape index (κ3) is 2.35. The molecule has 0 saturated carbocycles. The zero-order valence-electron chi connectivity index (χ0n) is 8.56. The van der Waals surface area contributed by atoms with Crippen LogP contribution in [0.1, 0.15) is 6.42 Å². The van der Waals surface area contributed by atoms with Gasteiger partial charge in [0, 0.05) is 27.2 Å². The maximum atomic E-state index is 11.4. The predicted molar refractivity (Wildman–Crippen MR) is 51.2 cm³/mol. The van der Waals surface area contributed by atoms with Gasteiger partial charge in [-0.3, -0.25) is 9.80 Å². The van der Waals surface area contributed by atoms with Crippen molar-refractivity contribution in [3.8, 4) is 0 Å². The molecule has 14 heavy (non-hydrogen) atoms. The van der Waals surface area contributed by atoms with E-state index in [4.69, 9.17) is 5.84 Å². The van der Waals surface area contributed by atoms with Crippen molar-refractivity contribution in [3.63, 3.8) is 0 Å². The highest BCUT2D eigenvalue weighted by Crippen LogP contribution is 2.05. The number of hydrogen-bond donors (Lipinski definition) is 1. The summed E-state index contributed by atoms with van der Waals surface area (Å²) in [6, 6.07) is -0.272. The quantitative estimate of drug-likeness (QED) is 0.463. The SMILES string of the molecule is CN(C)C(=O)CN1CCCN(N)C1=O. The van der Waals surface area contributed by atoms with Crippen molar-refractivity contribution in [1.29, 1.82) is 0 Å². The molecule has 6 heteroatoms. The Labute approximate surface area is 83.2 Å². The van der Waals surface area contributed by atoms with Gasteiger partial charge in [0.25, 0.3) is 0 Å². The minimum Gasteiger partial charge on any atom is -0.347 e. The molecule has 6 nitrogen and oxygen atoms in total. The van der Waals surface area contributed by atoms with Crippen LogP contribution in [0, 0.1) is 0 Å². The van der Waals surface area contributed by atoms with Crippen molar-refractivity contribution in [3.05, 3.63) is 0 Å². The van der Waals surface area contributed by atoms with Crippen molar-refractivity contribution in [2.24, 2.45) is 5.84 Å². The number of carbonyl (C=O) groups is 2. The second-order valence-electron chi connectivity index (χ2n) is 3.54. The Morgan fingerprint density at radius 1 is 1.50 bits per heavy atom. The third-order valence-electron chi connectivity index (χ3n) is 2.17. The van der Waals surface area contributed by atoms with Crippen LogP contribution in [0.2, 0.25) is 0 Å². The number of urea groups is 1. The van der Waals surface area contributed by atoms with Crippen LogP contribution >= 0.6 is 0 Å². The molecule has 1 heterocycles. The molecule has 0 radical (unpaired) electrons. The van der Waals surface area contributed by atoms with Crippen LogP contribution in [0.5, 0.6) is 0 Å². The molecular weight excluding hydrogens is 184 g/mol. The number of nitrogens with zero attached hydrogens (tertiary/aromatic N) is 3. The first-order valence-corrected chi connectivity index (χ1v) is 4.53. The first-order valence-electron chi connectivity index (χ1n) is 4.53. The number of amides is 3. The standard InChI is InChI=1S/C8H16N4O2/c1-10(2)7(13)6-11-4-3-5-12(9)8(11)14/h3-6,9H2,1-2H3. The lowest BCUT2D eigenvalue weighted by Crippen LogP contribution is -2.54. The van der Waals surface area contributed by atoms with Gasteiger partial charge in [0.1, 0.15) is 6.54 Å². The first kappa shape index (κ1) is 10.8. The van der Waals surface area contributed by atoms with Gasteiger partial charge in [-0.05, 0) is 6.42 Å². The predicted octanol–water partition coefficient (Wildman–Crippen LogP) is -0.924. The van der Waals surface area contributed by atoms with Crippen LogP contribution in [-0.2, 0) is 4.79 Å². The topological polar surface area (TPSA) is 69.9 Å². The minimum atomic E-state index is -0.272. The highest BCUT2D eigenvalue weighted by Gasteiger charge is 2.25. The summed E-state index contributed by atoms with van der Waals surface area (Å²) >= 11 is 0. The van der Waals surface area contributed by atoms with Crippen LogP contribution < -0.4 is 5.84 Å². The molecule has 0 spiro atoms. The first-order chi connectivity index (χ1) is 6.52. The van der Waals surface area contributed by atoms with E-state index in [2.05, 4.69) is 0 Å². The van der Waals surface area contributed by atoms with Crippen LogP contribution in [0.4, 0.5) is 4.79 Å². The second-order valence-corrected chi connectivity index (χ2v) is 3.54. The number of hydrazine groups is 1. The fourth-order valence-corrected chi connectivity index (χ4v) is 1.26. The Morgan fingerprint density at radius 2 is 2.14 bits per heavy atom. The van der Waals surface area contributed by atoms with Gasteiger partial charge in [0.05, 0.1) is 0 Å². The molecular formula is C8H16N4O2. The van der Waals surface area contributed by atoms with Crippen molar-refractivity contribution in [1.82, 2.24) is 14.8 Å². The molecule has 0 aromatic carbocycles. The van der Waals surface area contributed by atoms with E-state index in [-0.39, 0.29) is 18.5 Å². The Balaban J connectivity index is 2.51. The molecule has 2 N–H and O–H groups in total. The van der Waals surface area contributed by atoms with Crippen molar-refractivity contribution < 1.29 is 9.59 Å². The Kier molecular flexibility index (Phi) is 3.29. The number of nitrogens with two attached hydrogens (primary N) is 1. The summed E-state index contributed by atoms with van der Waals surface area (Å²) in [6.07, 6.45) is 0.808. The summed E-state index contributed by atoms with van der Waals surface area (Å²) in [5, 5.41) is 1.15. The minimum absolute atomic E-state index is 0.0892. The lowest BCUT2D eigenvalue weighted by atomic mass is 10.3. The van der Waals surface area contributed by atoms with Crippen LogP contribution in [0.25, 0.3) is 0 Å². The van der Waals surface area contributed by atoms with Gasteiger partial charge < -0.3 is 9.80 Å². The fraction of sp³-hybridized carbons (Fsp3) is 0.750. The van der Waals surface area contributed by atoms with Gasteiger partial charge in [-0.25, -0.2) is 10.6 Å². The lowest BCUT2D eigenvalue weighted by molar-refractivity contribution is -0.129. The number of hydrogen-bond acceptors (Lipinski definition) is 3. The van der Waals surface area contributed by atoms with Crippen LogP contribution in [0.15, 0.2) is 0 Å². The maximum Gasteiger partial charge on any atom is 0.334 e. The maximum absolute atomic E-state index is 11.4. The highest BCUT2D eigenvalue weighted by molar-refractivity contribution is 5.83. The zero-order chi connectivity index (χ0) is 10.7. The average Bonchev–Trinajstić information content (AvgIpc) is 2.12. The van der Waals surface area contributed by atoms with E-state index < -0.39 is 0 Å². The zero-order valence-corrected chi connectivity index (χ0v) is 8.56. The van der Waals surface area contributed by atoms with Gasteiger partial charge in [0.2, 0.25) is 5.91 Å². The highest BCUT2D eigenvalue weighted by atomic mass is 16.2. The summed E-state index contributed by atoms with van der Waals surface area (Å²) < 4.78 is 0. The van der Waals surface area contributed by atoms with E-state index in [1.165, 1.54) is 9.80 Å². The van der Waals surface area contributed by atoms with Gasteiger partial charge in [-0.15, -0.1) is 0 Å². The number of carbonyl (C=O) groups excluding carboxylic acids is 2. The van der Waals surface area contributed by atoms with Gasteiger partial charge in [0.15, 0.2) is 0 Å². The molecule has 1 aliphatic rings. The molecule has 0 atom stereocenters. The van der Waals surface area contributed by atoms with Gasteiger partial charge in [-0.2, -0.15) is 0 Å². The third-order valence-corrected chi connectivity index (χ3v) is 2.17. The van der Waals surface area contributed by atoms with E-state index in [1.54, 1.807) is 14.1 Å². The molecule has 0 unspecified atom stereocenters. The normalized spacial score (nSPS) is 17.2. The molecule has 1 rings (SSSR count). The fourth-order valence-electron chi connectivity index (χ4n) is 1.26.